The minimum atomic E-state index is -0.343. The summed E-state index contributed by atoms with van der Waals surface area (Å²) in [5, 5.41) is 6.25. The molecule has 1 aromatic carbocycles. The van der Waals surface area contributed by atoms with Crippen LogP contribution in [0.5, 0.6) is 0 Å². The summed E-state index contributed by atoms with van der Waals surface area (Å²) in [6, 6.07) is 2.74. The van der Waals surface area contributed by atoms with Crippen molar-refractivity contribution in [1.82, 2.24) is 4.98 Å². The number of hydrogen-bond acceptors (Lipinski definition) is 5. The van der Waals surface area contributed by atoms with Crippen molar-refractivity contribution in [2.24, 2.45) is 5.10 Å². The number of halogens is 3. The number of hydrazone groups is 1. The summed E-state index contributed by atoms with van der Waals surface area (Å²) >= 11 is 7.92. The van der Waals surface area contributed by atoms with E-state index in [9.17, 15) is 4.39 Å². The van der Waals surface area contributed by atoms with Gasteiger partial charge in [0.05, 0.1) is 6.21 Å². The molecule has 0 aliphatic carbocycles. The number of anilines is 2. The smallest absolute Gasteiger partial charge is 0.205 e. The molecule has 0 spiro atoms. The summed E-state index contributed by atoms with van der Waals surface area (Å²) in [5.74, 6) is 0.0948. The van der Waals surface area contributed by atoms with Crippen LogP contribution in [0.15, 0.2) is 31.6 Å². The fourth-order valence-corrected chi connectivity index (χ4v) is 2.49. The normalized spacial score (nSPS) is 11.1. The molecule has 0 radical (unpaired) electrons. The number of nitrogens with zero attached hydrogens (tertiary/aromatic N) is 2. The molecule has 18 heavy (non-hydrogen) atoms. The Morgan fingerprint density at radius 3 is 2.89 bits per heavy atom. The van der Waals surface area contributed by atoms with Crippen LogP contribution in [0, 0.1) is 5.82 Å². The molecule has 0 atom stereocenters. The summed E-state index contributed by atoms with van der Waals surface area (Å²) in [6.07, 6.45) is 1.50. The van der Waals surface area contributed by atoms with Gasteiger partial charge in [0.1, 0.15) is 11.6 Å². The second kappa shape index (κ2) is 5.77. The second-order valence-electron chi connectivity index (χ2n) is 3.24. The SMILES string of the molecule is Nc1csc(NN=Cc2cc(F)cc(Br)c2Br)n1. The summed E-state index contributed by atoms with van der Waals surface area (Å²) in [6.45, 7) is 0. The number of thiazole rings is 1. The lowest BCUT2D eigenvalue weighted by atomic mass is 10.2. The second-order valence-corrected chi connectivity index (χ2v) is 5.74. The van der Waals surface area contributed by atoms with E-state index >= 15 is 0 Å². The summed E-state index contributed by atoms with van der Waals surface area (Å²) < 4.78 is 14.6. The van der Waals surface area contributed by atoms with Gasteiger partial charge in [-0.05, 0) is 44.0 Å². The van der Waals surface area contributed by atoms with E-state index in [-0.39, 0.29) is 5.82 Å². The number of hydrogen-bond donors (Lipinski definition) is 2. The topological polar surface area (TPSA) is 63.3 Å². The molecule has 0 saturated carbocycles. The van der Waals surface area contributed by atoms with Crippen molar-refractivity contribution in [3.8, 4) is 0 Å². The standard InChI is InChI=1S/C10H7Br2FN4S/c11-7-2-6(13)1-5(9(7)12)3-15-17-10-16-8(14)4-18-10/h1-4H,14H2,(H,16,17). The molecule has 0 unspecified atom stereocenters. The van der Waals surface area contributed by atoms with Gasteiger partial charge in [-0.15, -0.1) is 11.3 Å². The lowest BCUT2D eigenvalue weighted by molar-refractivity contribution is 0.626. The highest BCUT2D eigenvalue weighted by Crippen LogP contribution is 2.27. The van der Waals surface area contributed by atoms with Crippen LogP contribution in [-0.4, -0.2) is 11.2 Å². The Morgan fingerprint density at radius 2 is 2.22 bits per heavy atom. The molecule has 0 bridgehead atoms. The van der Waals surface area contributed by atoms with Crippen molar-refractivity contribution >= 4 is 60.4 Å². The Hall–Kier alpha value is -0.990. The van der Waals surface area contributed by atoms with E-state index in [2.05, 4.69) is 47.4 Å². The highest BCUT2D eigenvalue weighted by atomic mass is 79.9. The van der Waals surface area contributed by atoms with E-state index in [1.54, 1.807) is 5.38 Å². The minimum Gasteiger partial charge on any atom is -0.383 e. The van der Waals surface area contributed by atoms with Crippen LogP contribution in [-0.2, 0) is 0 Å². The summed E-state index contributed by atoms with van der Waals surface area (Å²) in [4.78, 5) is 3.98. The number of benzene rings is 1. The lowest BCUT2D eigenvalue weighted by Crippen LogP contribution is -1.93. The average molecular weight is 394 g/mol. The monoisotopic (exact) mass is 392 g/mol. The summed E-state index contributed by atoms with van der Waals surface area (Å²) in [7, 11) is 0. The van der Waals surface area contributed by atoms with E-state index in [1.807, 2.05) is 0 Å². The van der Waals surface area contributed by atoms with E-state index in [1.165, 1.54) is 29.7 Å². The Balaban J connectivity index is 2.14. The zero-order valence-electron chi connectivity index (χ0n) is 8.82. The van der Waals surface area contributed by atoms with Gasteiger partial charge in [0.2, 0.25) is 5.13 Å². The van der Waals surface area contributed by atoms with Gasteiger partial charge in [-0.2, -0.15) is 5.10 Å². The average Bonchev–Trinajstić information content (AvgIpc) is 2.71. The Kier molecular flexibility index (Phi) is 4.31. The maximum Gasteiger partial charge on any atom is 0.205 e. The molecular formula is C10H7Br2FN4S. The Bertz CT molecular complexity index is 600. The highest BCUT2D eigenvalue weighted by molar-refractivity contribution is 9.13. The molecule has 94 valence electrons. The third kappa shape index (κ3) is 3.27. The fourth-order valence-electron chi connectivity index (χ4n) is 1.16. The zero-order chi connectivity index (χ0) is 13.1. The van der Waals surface area contributed by atoms with E-state index in [4.69, 9.17) is 5.73 Å². The predicted octanol–water partition coefficient (Wildman–Crippen LogP) is 3.84. The quantitative estimate of drug-likeness (QED) is 0.473. The molecule has 0 fully saturated rings. The lowest BCUT2D eigenvalue weighted by Gasteiger charge is -2.01. The first kappa shape index (κ1) is 13.4. The van der Waals surface area contributed by atoms with Gasteiger partial charge in [0, 0.05) is 19.9 Å². The van der Waals surface area contributed by atoms with Crippen molar-refractivity contribution in [3.63, 3.8) is 0 Å². The Labute approximate surface area is 123 Å². The van der Waals surface area contributed by atoms with Crippen molar-refractivity contribution < 1.29 is 4.39 Å². The fraction of sp³-hybridized carbons (Fsp3) is 0. The van der Waals surface area contributed by atoms with Crippen LogP contribution in [0.25, 0.3) is 0 Å². The van der Waals surface area contributed by atoms with Crippen LogP contribution in [0.1, 0.15) is 5.56 Å². The van der Waals surface area contributed by atoms with Gasteiger partial charge in [0.25, 0.3) is 0 Å². The van der Waals surface area contributed by atoms with Gasteiger partial charge < -0.3 is 5.73 Å². The largest absolute Gasteiger partial charge is 0.383 e. The van der Waals surface area contributed by atoms with Crippen molar-refractivity contribution in [3.05, 3.63) is 37.8 Å². The molecule has 2 rings (SSSR count). The first-order valence-electron chi connectivity index (χ1n) is 4.71. The third-order valence-corrected chi connectivity index (χ3v) is 4.71. The minimum absolute atomic E-state index is 0.343. The predicted molar refractivity (Wildman–Crippen MR) is 79.5 cm³/mol. The molecule has 4 nitrogen and oxygen atoms in total. The summed E-state index contributed by atoms with van der Waals surface area (Å²) in [5.41, 5.74) is 8.80. The number of nitrogens with one attached hydrogen (secondary N) is 1. The number of rotatable bonds is 3. The van der Waals surface area contributed by atoms with Crippen molar-refractivity contribution in [2.45, 2.75) is 0 Å². The van der Waals surface area contributed by atoms with Crippen LogP contribution < -0.4 is 11.2 Å². The molecule has 1 heterocycles. The van der Waals surface area contributed by atoms with Gasteiger partial charge in [-0.25, -0.2) is 9.37 Å². The van der Waals surface area contributed by atoms with Crippen molar-refractivity contribution in [1.29, 1.82) is 0 Å². The third-order valence-electron chi connectivity index (χ3n) is 1.91. The van der Waals surface area contributed by atoms with E-state index < -0.39 is 0 Å². The van der Waals surface area contributed by atoms with Gasteiger partial charge in [0.15, 0.2) is 0 Å². The molecule has 8 heteroatoms. The zero-order valence-corrected chi connectivity index (χ0v) is 12.8. The van der Waals surface area contributed by atoms with Gasteiger partial charge >= 0.3 is 0 Å². The van der Waals surface area contributed by atoms with E-state index in [0.717, 1.165) is 4.47 Å². The van der Waals surface area contributed by atoms with Crippen LogP contribution in [0.3, 0.4) is 0 Å². The maximum absolute atomic E-state index is 13.2. The number of nitrogens with two attached hydrogens (primary N) is 1. The molecular weight excluding hydrogens is 387 g/mol. The van der Waals surface area contributed by atoms with Crippen molar-refractivity contribution in [2.75, 3.05) is 11.2 Å². The van der Waals surface area contributed by atoms with Crippen LogP contribution in [0.2, 0.25) is 0 Å². The molecule has 1 aromatic heterocycles. The molecule has 0 aliphatic rings. The molecule has 3 N–H and O–H groups in total. The van der Waals surface area contributed by atoms with Crippen LogP contribution in [0.4, 0.5) is 15.3 Å². The molecule has 0 saturated heterocycles. The number of aromatic nitrogens is 1. The first-order valence-corrected chi connectivity index (χ1v) is 7.17. The van der Waals surface area contributed by atoms with Crippen LogP contribution >= 0.6 is 43.2 Å². The highest BCUT2D eigenvalue weighted by Gasteiger charge is 2.05. The molecule has 0 amide bonds. The maximum atomic E-state index is 13.2. The van der Waals surface area contributed by atoms with Gasteiger partial charge in [-0.3, -0.25) is 5.43 Å². The first-order chi connectivity index (χ1) is 8.56. The Morgan fingerprint density at radius 1 is 1.44 bits per heavy atom. The molecule has 0 aliphatic heterocycles. The number of nitrogen functional groups attached to an aromatic ring is 1. The molecule has 2 aromatic rings. The van der Waals surface area contributed by atoms with E-state index in [0.29, 0.717) is 21.0 Å². The van der Waals surface area contributed by atoms with Gasteiger partial charge in [-0.1, -0.05) is 0 Å².